The first kappa shape index (κ1) is 19.0. The predicted octanol–water partition coefficient (Wildman–Crippen LogP) is 1.98. The van der Waals surface area contributed by atoms with Crippen LogP contribution >= 0.6 is 0 Å². The van der Waals surface area contributed by atoms with Gasteiger partial charge in [-0.15, -0.1) is 0 Å². The third-order valence-corrected chi connectivity index (χ3v) is 5.89. The van der Waals surface area contributed by atoms with E-state index in [2.05, 4.69) is 15.3 Å². The second-order valence-corrected chi connectivity index (χ2v) is 7.78. The number of aromatic nitrogens is 3. The van der Waals surface area contributed by atoms with Gasteiger partial charge in [-0.05, 0) is 38.7 Å². The lowest BCUT2D eigenvalue weighted by Gasteiger charge is -2.28. The normalized spacial score (nSPS) is 23.2. The number of aliphatic hydroxyl groups is 1. The van der Waals surface area contributed by atoms with E-state index in [4.69, 9.17) is 4.74 Å². The van der Waals surface area contributed by atoms with Crippen LogP contribution in [-0.4, -0.2) is 50.8 Å². The SMILES string of the molecule is CC(=O)c1c(C)c2cnc(N[C@H]3CCOC[C@@H]3O)nc2n(C2CCCC2)c1=O. The average Bonchev–Trinajstić information content (AvgIpc) is 3.17. The molecule has 2 aromatic heterocycles. The maximum absolute atomic E-state index is 13.2. The molecule has 1 saturated heterocycles. The van der Waals surface area contributed by atoms with E-state index in [1.165, 1.54) is 6.92 Å². The summed E-state index contributed by atoms with van der Waals surface area (Å²) in [6.45, 7) is 4.05. The molecule has 0 bridgehead atoms. The first-order chi connectivity index (χ1) is 13.5. The topological polar surface area (TPSA) is 106 Å². The van der Waals surface area contributed by atoms with E-state index < -0.39 is 6.10 Å². The van der Waals surface area contributed by atoms with Gasteiger partial charge < -0.3 is 15.2 Å². The smallest absolute Gasteiger partial charge is 0.263 e. The molecule has 0 aromatic carbocycles. The minimum atomic E-state index is -0.633. The van der Waals surface area contributed by atoms with Gasteiger partial charge in [-0.1, -0.05) is 12.8 Å². The molecule has 28 heavy (non-hydrogen) atoms. The number of anilines is 1. The van der Waals surface area contributed by atoms with Crippen molar-refractivity contribution in [1.29, 1.82) is 0 Å². The Labute approximate surface area is 162 Å². The van der Waals surface area contributed by atoms with E-state index in [1.807, 2.05) is 0 Å². The van der Waals surface area contributed by atoms with Crippen LogP contribution in [0.1, 0.15) is 61.0 Å². The number of ether oxygens (including phenoxy) is 1. The number of fused-ring (bicyclic) bond motifs is 1. The largest absolute Gasteiger partial charge is 0.389 e. The summed E-state index contributed by atoms with van der Waals surface area (Å²) in [6, 6.07) is -0.152. The summed E-state index contributed by atoms with van der Waals surface area (Å²) in [5.41, 5.74) is 1.14. The zero-order valence-corrected chi connectivity index (χ0v) is 16.3. The van der Waals surface area contributed by atoms with Crippen LogP contribution in [0.2, 0.25) is 0 Å². The number of ketones is 1. The molecule has 1 aliphatic carbocycles. The highest BCUT2D eigenvalue weighted by Gasteiger charge is 2.27. The molecule has 2 aromatic rings. The number of carbonyl (C=O) groups is 1. The number of rotatable bonds is 4. The van der Waals surface area contributed by atoms with E-state index >= 15 is 0 Å². The van der Waals surface area contributed by atoms with Crippen LogP contribution in [0, 0.1) is 6.92 Å². The van der Waals surface area contributed by atoms with Crippen LogP contribution in [0.15, 0.2) is 11.0 Å². The van der Waals surface area contributed by atoms with Crippen molar-refractivity contribution in [2.45, 2.75) is 64.1 Å². The number of nitrogens with one attached hydrogen (secondary N) is 1. The highest BCUT2D eigenvalue weighted by Crippen LogP contribution is 2.32. The van der Waals surface area contributed by atoms with Crippen LogP contribution in [0.3, 0.4) is 0 Å². The lowest BCUT2D eigenvalue weighted by molar-refractivity contribution is -0.0136. The summed E-state index contributed by atoms with van der Waals surface area (Å²) in [7, 11) is 0. The summed E-state index contributed by atoms with van der Waals surface area (Å²) in [5.74, 6) is 0.142. The summed E-state index contributed by atoms with van der Waals surface area (Å²) < 4.78 is 6.96. The zero-order valence-electron chi connectivity index (χ0n) is 16.3. The van der Waals surface area contributed by atoms with Crippen molar-refractivity contribution >= 4 is 22.8 Å². The molecule has 2 aliphatic rings. The molecule has 0 amide bonds. The molecule has 150 valence electrons. The monoisotopic (exact) mass is 386 g/mol. The molecule has 2 fully saturated rings. The van der Waals surface area contributed by atoms with Gasteiger partial charge in [0.15, 0.2) is 5.78 Å². The number of carbonyl (C=O) groups excluding carboxylic acids is 1. The zero-order chi connectivity index (χ0) is 19.8. The Morgan fingerprint density at radius 1 is 1.32 bits per heavy atom. The molecule has 3 heterocycles. The average molecular weight is 386 g/mol. The lowest BCUT2D eigenvalue weighted by atomic mass is 10.0. The van der Waals surface area contributed by atoms with Gasteiger partial charge in [-0.2, -0.15) is 4.98 Å². The molecule has 0 unspecified atom stereocenters. The molecule has 8 heteroatoms. The van der Waals surface area contributed by atoms with Crippen LogP contribution < -0.4 is 10.9 Å². The quantitative estimate of drug-likeness (QED) is 0.774. The van der Waals surface area contributed by atoms with Crippen LogP contribution in [-0.2, 0) is 4.74 Å². The minimum absolute atomic E-state index is 0.0464. The minimum Gasteiger partial charge on any atom is -0.389 e. The molecule has 2 N–H and O–H groups in total. The van der Waals surface area contributed by atoms with Gasteiger partial charge >= 0.3 is 0 Å². The van der Waals surface area contributed by atoms with Gasteiger partial charge in [0.05, 0.1) is 24.3 Å². The number of pyridine rings is 1. The molecule has 1 aliphatic heterocycles. The summed E-state index contributed by atoms with van der Waals surface area (Å²) in [6.07, 6.45) is 5.62. The summed E-state index contributed by atoms with van der Waals surface area (Å²) in [4.78, 5) is 34.4. The van der Waals surface area contributed by atoms with Crippen molar-refractivity contribution in [1.82, 2.24) is 14.5 Å². The first-order valence-corrected chi connectivity index (χ1v) is 9.92. The highest BCUT2D eigenvalue weighted by atomic mass is 16.5. The molecule has 2 atom stereocenters. The second kappa shape index (κ2) is 7.60. The number of Topliss-reactive ketones (excluding diaryl/α,β-unsaturated/α-hetero) is 1. The molecular weight excluding hydrogens is 360 g/mol. The van der Waals surface area contributed by atoms with Crippen LogP contribution in [0.4, 0.5) is 5.95 Å². The standard InChI is InChI=1S/C20H26N4O4/c1-11-14-9-21-20(22-15-7-8-28-10-16(15)26)23-18(14)24(13-5-3-4-6-13)19(27)17(11)12(2)25/h9,13,15-16,26H,3-8,10H2,1-2H3,(H,21,22,23)/t15-,16-/m0/s1. The van der Waals surface area contributed by atoms with Crippen molar-refractivity contribution < 1.29 is 14.6 Å². The fourth-order valence-electron chi connectivity index (χ4n) is 4.38. The van der Waals surface area contributed by atoms with Gasteiger partial charge in [0.2, 0.25) is 5.95 Å². The third-order valence-electron chi connectivity index (χ3n) is 5.89. The summed E-state index contributed by atoms with van der Waals surface area (Å²) >= 11 is 0. The molecule has 0 spiro atoms. The van der Waals surface area contributed by atoms with Crippen LogP contribution in [0.25, 0.3) is 11.0 Å². The van der Waals surface area contributed by atoms with Gasteiger partial charge in [-0.25, -0.2) is 4.98 Å². The van der Waals surface area contributed by atoms with E-state index in [0.717, 1.165) is 31.1 Å². The molecule has 0 radical (unpaired) electrons. The first-order valence-electron chi connectivity index (χ1n) is 9.92. The van der Waals surface area contributed by atoms with Gasteiger partial charge in [0.25, 0.3) is 5.56 Å². The van der Waals surface area contributed by atoms with E-state index in [-0.39, 0.29) is 35.6 Å². The maximum atomic E-state index is 13.2. The van der Waals surface area contributed by atoms with Gasteiger partial charge in [0.1, 0.15) is 5.65 Å². The molecular formula is C20H26N4O4. The Morgan fingerprint density at radius 3 is 2.75 bits per heavy atom. The van der Waals surface area contributed by atoms with E-state index in [0.29, 0.717) is 30.2 Å². The second-order valence-electron chi connectivity index (χ2n) is 7.78. The summed E-state index contributed by atoms with van der Waals surface area (Å²) in [5, 5.41) is 14.0. The van der Waals surface area contributed by atoms with Crippen molar-refractivity contribution in [3.63, 3.8) is 0 Å². The molecule has 1 saturated carbocycles. The Kier molecular flexibility index (Phi) is 5.16. The maximum Gasteiger partial charge on any atom is 0.263 e. The number of aryl methyl sites for hydroxylation is 1. The van der Waals surface area contributed by atoms with Crippen molar-refractivity contribution in [2.75, 3.05) is 18.5 Å². The van der Waals surface area contributed by atoms with Crippen molar-refractivity contribution in [2.24, 2.45) is 0 Å². The Bertz CT molecular complexity index is 965. The number of nitrogens with zero attached hydrogens (tertiary/aromatic N) is 3. The third kappa shape index (κ3) is 3.31. The Hall–Kier alpha value is -2.32. The van der Waals surface area contributed by atoms with Gasteiger partial charge in [-0.3, -0.25) is 14.2 Å². The van der Waals surface area contributed by atoms with Crippen molar-refractivity contribution in [3.05, 3.63) is 27.7 Å². The van der Waals surface area contributed by atoms with Crippen molar-refractivity contribution in [3.8, 4) is 0 Å². The predicted molar refractivity (Wildman–Crippen MR) is 105 cm³/mol. The fourth-order valence-corrected chi connectivity index (χ4v) is 4.38. The molecule has 8 nitrogen and oxygen atoms in total. The molecule has 4 rings (SSSR count). The van der Waals surface area contributed by atoms with E-state index in [9.17, 15) is 14.7 Å². The fraction of sp³-hybridized carbons (Fsp3) is 0.600. The van der Waals surface area contributed by atoms with Gasteiger partial charge in [0, 0.05) is 24.2 Å². The van der Waals surface area contributed by atoms with Crippen LogP contribution in [0.5, 0.6) is 0 Å². The lowest BCUT2D eigenvalue weighted by Crippen LogP contribution is -2.42. The Morgan fingerprint density at radius 2 is 2.07 bits per heavy atom. The highest BCUT2D eigenvalue weighted by molar-refractivity contribution is 5.99. The van der Waals surface area contributed by atoms with E-state index in [1.54, 1.807) is 17.7 Å². The number of aliphatic hydroxyl groups excluding tert-OH is 1. The number of hydrogen-bond acceptors (Lipinski definition) is 7. The Balaban J connectivity index is 1.84. The number of hydrogen-bond donors (Lipinski definition) is 2.